The molecule has 0 spiro atoms. The number of hydrogen-bond acceptors (Lipinski definition) is 5. The van der Waals surface area contributed by atoms with Crippen molar-refractivity contribution in [2.24, 2.45) is 0 Å². The van der Waals surface area contributed by atoms with E-state index in [2.05, 4.69) is 35.8 Å². The Labute approximate surface area is 241 Å². The first kappa shape index (κ1) is 31.9. The van der Waals surface area contributed by atoms with Crippen LogP contribution in [0.2, 0.25) is 0 Å². The molecule has 1 N–H and O–H groups in total. The zero-order chi connectivity index (χ0) is 28.5. The number of alkyl carbamates (subject to hydrolysis) is 1. The molecule has 1 amide bonds. The number of benzene rings is 2. The van der Waals surface area contributed by atoms with Crippen molar-refractivity contribution in [1.29, 1.82) is 0 Å². The lowest BCUT2D eigenvalue weighted by Crippen LogP contribution is -2.46. The van der Waals surface area contributed by atoms with E-state index in [4.69, 9.17) is 27.4 Å². The predicted octanol–water partition coefficient (Wildman–Crippen LogP) is 7.40. The van der Waals surface area contributed by atoms with E-state index in [0.717, 1.165) is 62.1 Å². The molecule has 1 saturated heterocycles. The minimum Gasteiger partial charge on any atom is -0.494 e. The first-order valence-corrected chi connectivity index (χ1v) is 14.3. The van der Waals surface area contributed by atoms with E-state index in [1.807, 2.05) is 45.0 Å². The molecule has 8 nitrogen and oxygen atoms in total. The molecule has 0 saturated carbocycles. The third-order valence-corrected chi connectivity index (χ3v) is 6.23. The molecule has 9 heteroatoms. The van der Waals surface area contributed by atoms with Gasteiger partial charge in [0.2, 0.25) is 0 Å². The van der Waals surface area contributed by atoms with E-state index in [1.54, 1.807) is 24.3 Å². The molecular formula is C30H39BrN4O4. The summed E-state index contributed by atoms with van der Waals surface area (Å²) in [4.78, 5) is 20.9. The number of alkyl halides is 1. The molecular weight excluding hydrogens is 560 g/mol. The number of rotatable bonds is 10. The SMILES string of the molecule is [C-]#[N+]c1ccc(OCCCBr)cc1.[C-]#[N+]c1ccc(OCCCN2CCC(NC(=O)OC(C)(C)C)CC2)cc1. The maximum Gasteiger partial charge on any atom is 0.407 e. The van der Waals surface area contributed by atoms with Gasteiger partial charge in [-0.2, -0.15) is 0 Å². The van der Waals surface area contributed by atoms with E-state index in [-0.39, 0.29) is 12.1 Å². The van der Waals surface area contributed by atoms with Crippen LogP contribution in [0.1, 0.15) is 46.5 Å². The van der Waals surface area contributed by atoms with Gasteiger partial charge >= 0.3 is 6.09 Å². The Morgan fingerprint density at radius 3 is 1.85 bits per heavy atom. The minimum absolute atomic E-state index is 0.193. The Morgan fingerprint density at radius 1 is 0.923 bits per heavy atom. The monoisotopic (exact) mass is 598 g/mol. The third-order valence-electron chi connectivity index (χ3n) is 5.67. The van der Waals surface area contributed by atoms with Crippen molar-refractivity contribution in [3.63, 3.8) is 0 Å². The number of piperidine rings is 1. The van der Waals surface area contributed by atoms with Crippen LogP contribution in [-0.2, 0) is 4.74 Å². The molecule has 2 aromatic carbocycles. The van der Waals surface area contributed by atoms with Crippen molar-refractivity contribution < 1.29 is 19.0 Å². The number of hydrogen-bond donors (Lipinski definition) is 1. The summed E-state index contributed by atoms with van der Waals surface area (Å²) in [5, 5.41) is 3.91. The Balaban J connectivity index is 0.000000344. The second-order valence-electron chi connectivity index (χ2n) is 10.1. The lowest BCUT2D eigenvalue weighted by atomic mass is 10.1. The molecule has 1 aliphatic heterocycles. The lowest BCUT2D eigenvalue weighted by molar-refractivity contribution is 0.0478. The number of carbonyl (C=O) groups excluding carboxylic acids is 1. The summed E-state index contributed by atoms with van der Waals surface area (Å²) in [5.74, 6) is 1.63. The molecule has 0 bridgehead atoms. The van der Waals surface area contributed by atoms with Crippen LogP contribution in [0.3, 0.4) is 0 Å². The smallest absolute Gasteiger partial charge is 0.407 e. The van der Waals surface area contributed by atoms with Crippen molar-refractivity contribution >= 4 is 33.4 Å². The number of halogens is 1. The number of carbonyl (C=O) groups is 1. The van der Waals surface area contributed by atoms with E-state index in [0.29, 0.717) is 24.6 Å². The van der Waals surface area contributed by atoms with Gasteiger partial charge in [-0.1, -0.05) is 40.2 Å². The highest BCUT2D eigenvalue weighted by molar-refractivity contribution is 9.09. The number of nitrogens with one attached hydrogen (secondary N) is 1. The summed E-state index contributed by atoms with van der Waals surface area (Å²) >= 11 is 3.33. The number of amides is 1. The highest BCUT2D eigenvalue weighted by Crippen LogP contribution is 2.19. The third kappa shape index (κ3) is 13.9. The van der Waals surface area contributed by atoms with Crippen molar-refractivity contribution in [2.75, 3.05) is 38.2 Å². The number of likely N-dealkylation sites (tertiary alicyclic amines) is 1. The van der Waals surface area contributed by atoms with Crippen LogP contribution in [0.25, 0.3) is 9.69 Å². The Bertz CT molecular complexity index is 1060. The van der Waals surface area contributed by atoms with E-state index >= 15 is 0 Å². The average Bonchev–Trinajstić information content (AvgIpc) is 2.92. The molecule has 2 aromatic rings. The fourth-order valence-corrected chi connectivity index (χ4v) is 3.96. The van der Waals surface area contributed by atoms with Gasteiger partial charge in [0, 0.05) is 31.0 Å². The van der Waals surface area contributed by atoms with E-state index < -0.39 is 5.60 Å². The van der Waals surface area contributed by atoms with Crippen LogP contribution < -0.4 is 14.8 Å². The maximum atomic E-state index is 11.8. The molecule has 1 fully saturated rings. The van der Waals surface area contributed by atoms with Crippen LogP contribution in [-0.4, -0.2) is 60.8 Å². The van der Waals surface area contributed by atoms with Gasteiger partial charge < -0.3 is 24.4 Å². The second kappa shape index (κ2) is 17.3. The van der Waals surface area contributed by atoms with Crippen LogP contribution in [0.5, 0.6) is 11.5 Å². The highest BCUT2D eigenvalue weighted by atomic mass is 79.9. The van der Waals surface area contributed by atoms with Gasteiger partial charge in [0.05, 0.1) is 26.4 Å². The lowest BCUT2D eigenvalue weighted by Gasteiger charge is -2.32. The summed E-state index contributed by atoms with van der Waals surface area (Å²) in [6.45, 7) is 23.6. The van der Waals surface area contributed by atoms with Crippen LogP contribution >= 0.6 is 15.9 Å². The topological polar surface area (TPSA) is 68.8 Å². The number of nitrogens with zero attached hydrogens (tertiary/aromatic N) is 3. The zero-order valence-electron chi connectivity index (χ0n) is 23.1. The Morgan fingerprint density at radius 2 is 1.41 bits per heavy atom. The Hall–Kier alpha value is -3.27. The van der Waals surface area contributed by atoms with Gasteiger partial charge in [-0.25, -0.2) is 14.5 Å². The first-order valence-electron chi connectivity index (χ1n) is 13.2. The number of ether oxygens (including phenoxy) is 3. The van der Waals surface area contributed by atoms with Gasteiger partial charge in [0.25, 0.3) is 0 Å². The van der Waals surface area contributed by atoms with Gasteiger partial charge in [-0.15, -0.1) is 0 Å². The standard InChI is InChI=1S/C20H29N3O3.C10H10BrNO/c1-20(2,3)26-19(24)22-17-10-13-23(14-11-17)12-5-15-25-18-8-6-16(21-4)7-9-18;1-12-9-3-5-10(6-4-9)13-8-2-7-11/h6-9,17H,5,10-15H2,1-3H3,(H,22,24);3-6H,2,7-8H2. The van der Waals surface area contributed by atoms with Gasteiger partial charge in [0.1, 0.15) is 17.1 Å². The summed E-state index contributed by atoms with van der Waals surface area (Å²) in [5.41, 5.74) is 0.814. The van der Waals surface area contributed by atoms with Crippen LogP contribution in [0.4, 0.5) is 16.2 Å². The zero-order valence-corrected chi connectivity index (χ0v) is 24.7. The molecule has 0 aromatic heterocycles. The largest absolute Gasteiger partial charge is 0.494 e. The predicted molar refractivity (Wildman–Crippen MR) is 158 cm³/mol. The van der Waals surface area contributed by atoms with Crippen molar-refractivity contribution in [1.82, 2.24) is 10.2 Å². The fraction of sp³-hybridized carbons (Fsp3) is 0.500. The normalized spacial score (nSPS) is 13.7. The summed E-state index contributed by atoms with van der Waals surface area (Å²) in [6.07, 6.45) is 3.50. The molecule has 3 rings (SSSR count). The van der Waals surface area contributed by atoms with Gasteiger partial charge in [0.15, 0.2) is 11.4 Å². The minimum atomic E-state index is -0.457. The van der Waals surface area contributed by atoms with Crippen molar-refractivity contribution in [3.05, 3.63) is 71.4 Å². The van der Waals surface area contributed by atoms with E-state index in [1.165, 1.54) is 0 Å². The molecule has 0 atom stereocenters. The maximum absolute atomic E-state index is 11.8. The highest BCUT2D eigenvalue weighted by Gasteiger charge is 2.23. The molecule has 1 heterocycles. The van der Waals surface area contributed by atoms with Gasteiger partial charge in [-0.3, -0.25) is 0 Å². The van der Waals surface area contributed by atoms with Crippen LogP contribution in [0.15, 0.2) is 48.5 Å². The quantitative estimate of drug-likeness (QED) is 0.175. The van der Waals surface area contributed by atoms with Gasteiger partial charge in [-0.05, 0) is 70.7 Å². The molecule has 39 heavy (non-hydrogen) atoms. The molecule has 0 unspecified atom stereocenters. The fourth-order valence-electron chi connectivity index (χ4n) is 3.73. The van der Waals surface area contributed by atoms with E-state index in [9.17, 15) is 4.79 Å². The Kier molecular flexibility index (Phi) is 14.2. The van der Waals surface area contributed by atoms with Crippen LogP contribution in [0, 0.1) is 13.1 Å². The van der Waals surface area contributed by atoms with Crippen molar-refractivity contribution in [2.45, 2.75) is 58.1 Å². The molecule has 0 aliphatic carbocycles. The second-order valence-corrected chi connectivity index (χ2v) is 10.9. The molecule has 0 radical (unpaired) electrons. The molecule has 1 aliphatic rings. The average molecular weight is 600 g/mol. The summed E-state index contributed by atoms with van der Waals surface area (Å²) < 4.78 is 16.4. The summed E-state index contributed by atoms with van der Waals surface area (Å²) in [7, 11) is 0. The molecule has 210 valence electrons. The summed E-state index contributed by atoms with van der Waals surface area (Å²) in [6, 6.07) is 14.6. The van der Waals surface area contributed by atoms with Crippen molar-refractivity contribution in [3.8, 4) is 11.5 Å². The first-order chi connectivity index (χ1) is 18.7.